The fraction of sp³-hybridized carbons (Fsp3) is 0.679. The molecule has 3 unspecified atom stereocenters. The number of hydrogen-bond acceptors (Lipinski definition) is 5. The molecule has 36 heavy (non-hydrogen) atoms. The second-order valence-corrected chi connectivity index (χ2v) is 11.3. The summed E-state index contributed by atoms with van der Waals surface area (Å²) in [6, 6.07) is 4.77. The SMILES string of the molecule is CCC(C)C(NC(=O)OC(C)(C)C)C(=O)N(C1CC1)C(C(=O)NC1CCCCC1)c1ccccc1O. The van der Waals surface area contributed by atoms with Crippen LogP contribution in [0.15, 0.2) is 24.3 Å². The van der Waals surface area contributed by atoms with Gasteiger partial charge in [0, 0.05) is 17.6 Å². The van der Waals surface area contributed by atoms with Crippen molar-refractivity contribution in [2.75, 3.05) is 0 Å². The number of phenolic OH excluding ortho intramolecular Hbond substituents is 1. The Bertz CT molecular complexity index is 918. The van der Waals surface area contributed by atoms with Crippen molar-refractivity contribution >= 4 is 17.9 Å². The first kappa shape index (κ1) is 27.8. The van der Waals surface area contributed by atoms with E-state index in [1.807, 2.05) is 13.8 Å². The monoisotopic (exact) mass is 501 g/mol. The van der Waals surface area contributed by atoms with Gasteiger partial charge in [-0.1, -0.05) is 57.7 Å². The van der Waals surface area contributed by atoms with Gasteiger partial charge in [0.15, 0.2) is 0 Å². The third-order valence-electron chi connectivity index (χ3n) is 7.06. The highest BCUT2D eigenvalue weighted by atomic mass is 16.6. The number of nitrogens with zero attached hydrogens (tertiary/aromatic N) is 1. The molecule has 0 spiro atoms. The summed E-state index contributed by atoms with van der Waals surface area (Å²) in [5, 5.41) is 16.7. The van der Waals surface area contributed by atoms with E-state index in [0.717, 1.165) is 44.9 Å². The molecule has 0 aromatic heterocycles. The van der Waals surface area contributed by atoms with E-state index in [4.69, 9.17) is 4.74 Å². The molecule has 2 aliphatic carbocycles. The van der Waals surface area contributed by atoms with E-state index >= 15 is 0 Å². The first-order chi connectivity index (χ1) is 17.0. The Morgan fingerprint density at radius 3 is 2.28 bits per heavy atom. The van der Waals surface area contributed by atoms with Crippen molar-refractivity contribution in [2.45, 2.75) is 116 Å². The van der Waals surface area contributed by atoms with Gasteiger partial charge in [-0.2, -0.15) is 0 Å². The summed E-state index contributed by atoms with van der Waals surface area (Å²) in [4.78, 5) is 42.2. The maximum atomic E-state index is 14.1. The lowest BCUT2D eigenvalue weighted by Crippen LogP contribution is -2.56. The molecule has 2 fully saturated rings. The topological polar surface area (TPSA) is 108 Å². The van der Waals surface area contributed by atoms with Crippen LogP contribution >= 0.6 is 0 Å². The van der Waals surface area contributed by atoms with Gasteiger partial charge in [0.2, 0.25) is 11.8 Å². The highest BCUT2D eigenvalue weighted by Crippen LogP contribution is 2.39. The van der Waals surface area contributed by atoms with Crippen LogP contribution in [0.1, 0.15) is 97.6 Å². The van der Waals surface area contributed by atoms with E-state index in [9.17, 15) is 19.5 Å². The van der Waals surface area contributed by atoms with Crippen molar-refractivity contribution in [1.29, 1.82) is 0 Å². The van der Waals surface area contributed by atoms with Crippen LogP contribution in [-0.4, -0.2) is 51.6 Å². The molecular weight excluding hydrogens is 458 g/mol. The van der Waals surface area contributed by atoms with Gasteiger partial charge in [-0.3, -0.25) is 9.59 Å². The lowest BCUT2D eigenvalue weighted by Gasteiger charge is -2.37. The van der Waals surface area contributed by atoms with Gasteiger partial charge >= 0.3 is 6.09 Å². The maximum Gasteiger partial charge on any atom is 0.408 e. The van der Waals surface area contributed by atoms with Crippen LogP contribution in [0.25, 0.3) is 0 Å². The second kappa shape index (κ2) is 12.0. The fourth-order valence-corrected chi connectivity index (χ4v) is 4.81. The molecule has 3 atom stereocenters. The molecule has 3 N–H and O–H groups in total. The van der Waals surface area contributed by atoms with Gasteiger partial charge in [0.1, 0.15) is 23.4 Å². The molecule has 3 rings (SSSR count). The Hall–Kier alpha value is -2.77. The number of phenols is 1. The minimum atomic E-state index is -0.986. The van der Waals surface area contributed by atoms with E-state index in [2.05, 4.69) is 10.6 Å². The number of hydrogen-bond donors (Lipinski definition) is 3. The molecule has 0 bridgehead atoms. The first-order valence-electron chi connectivity index (χ1n) is 13.4. The Labute approximate surface area is 215 Å². The quantitative estimate of drug-likeness (QED) is 0.450. The summed E-state index contributed by atoms with van der Waals surface area (Å²) in [6.07, 6.45) is 6.63. The summed E-state index contributed by atoms with van der Waals surface area (Å²) >= 11 is 0. The van der Waals surface area contributed by atoms with Crippen LogP contribution in [0.4, 0.5) is 4.79 Å². The average molecular weight is 502 g/mol. The van der Waals surface area contributed by atoms with E-state index in [1.54, 1.807) is 43.9 Å². The maximum absolute atomic E-state index is 14.1. The summed E-state index contributed by atoms with van der Waals surface area (Å²) in [5.41, 5.74) is -0.312. The number of para-hydroxylation sites is 1. The number of carbonyl (C=O) groups excluding carboxylic acids is 3. The zero-order valence-electron chi connectivity index (χ0n) is 22.4. The summed E-state index contributed by atoms with van der Waals surface area (Å²) in [7, 11) is 0. The lowest BCUT2D eigenvalue weighted by atomic mass is 9.93. The smallest absolute Gasteiger partial charge is 0.408 e. The molecule has 8 heteroatoms. The Morgan fingerprint density at radius 2 is 1.72 bits per heavy atom. The van der Waals surface area contributed by atoms with Crippen LogP contribution < -0.4 is 10.6 Å². The molecule has 0 saturated heterocycles. The number of nitrogens with one attached hydrogen (secondary N) is 2. The predicted molar refractivity (Wildman–Crippen MR) is 138 cm³/mol. The van der Waals surface area contributed by atoms with Gasteiger partial charge in [0.25, 0.3) is 0 Å². The second-order valence-electron chi connectivity index (χ2n) is 11.3. The van der Waals surface area contributed by atoms with Crippen LogP contribution in [0.5, 0.6) is 5.75 Å². The van der Waals surface area contributed by atoms with E-state index < -0.39 is 23.8 Å². The van der Waals surface area contributed by atoms with E-state index in [0.29, 0.717) is 12.0 Å². The molecule has 8 nitrogen and oxygen atoms in total. The molecule has 3 amide bonds. The molecule has 1 aromatic rings. The fourth-order valence-electron chi connectivity index (χ4n) is 4.81. The summed E-state index contributed by atoms with van der Waals surface area (Å²) in [6.45, 7) is 9.18. The molecule has 0 heterocycles. The van der Waals surface area contributed by atoms with Crippen LogP contribution in [0.2, 0.25) is 0 Å². The molecular formula is C28H43N3O5. The number of rotatable bonds is 9. The van der Waals surface area contributed by atoms with Crippen molar-refractivity contribution in [1.82, 2.24) is 15.5 Å². The standard InChI is InChI=1S/C28H43N3O5/c1-6-18(2)23(30-27(35)36-28(3,4)5)26(34)31(20-16-17-20)24(21-14-10-11-15-22(21)32)25(33)29-19-12-8-7-9-13-19/h10-11,14-15,18-20,23-24,32H,6-9,12-13,16-17H2,1-5H3,(H,29,33)(H,30,35). The van der Waals surface area contributed by atoms with Gasteiger partial charge in [-0.15, -0.1) is 0 Å². The van der Waals surface area contributed by atoms with Gasteiger partial charge < -0.3 is 25.4 Å². The number of alkyl carbamates (subject to hydrolysis) is 1. The van der Waals surface area contributed by atoms with Crippen LogP contribution in [0, 0.1) is 5.92 Å². The first-order valence-corrected chi connectivity index (χ1v) is 13.4. The zero-order chi connectivity index (χ0) is 26.5. The van der Waals surface area contributed by atoms with Crippen molar-refractivity contribution in [3.8, 4) is 5.75 Å². The number of ether oxygens (including phenoxy) is 1. The molecule has 200 valence electrons. The third kappa shape index (κ3) is 7.37. The van der Waals surface area contributed by atoms with E-state index in [-0.39, 0.29) is 35.6 Å². The number of aromatic hydroxyl groups is 1. The Morgan fingerprint density at radius 1 is 1.08 bits per heavy atom. The molecule has 0 aliphatic heterocycles. The Kier molecular flexibility index (Phi) is 9.25. The van der Waals surface area contributed by atoms with Gasteiger partial charge in [-0.25, -0.2) is 4.79 Å². The zero-order valence-corrected chi connectivity index (χ0v) is 22.4. The van der Waals surface area contributed by atoms with Crippen molar-refractivity contribution in [2.24, 2.45) is 5.92 Å². The lowest BCUT2D eigenvalue weighted by molar-refractivity contribution is -0.144. The average Bonchev–Trinajstić information content (AvgIpc) is 3.65. The summed E-state index contributed by atoms with van der Waals surface area (Å²) < 4.78 is 5.44. The minimum Gasteiger partial charge on any atom is -0.508 e. The van der Waals surface area contributed by atoms with Crippen LogP contribution in [-0.2, 0) is 14.3 Å². The van der Waals surface area contributed by atoms with E-state index in [1.165, 1.54) is 6.07 Å². The van der Waals surface area contributed by atoms with Crippen molar-refractivity contribution < 1.29 is 24.2 Å². The third-order valence-corrected chi connectivity index (χ3v) is 7.06. The van der Waals surface area contributed by atoms with Crippen LogP contribution in [0.3, 0.4) is 0 Å². The van der Waals surface area contributed by atoms with Crippen molar-refractivity contribution in [3.63, 3.8) is 0 Å². The largest absolute Gasteiger partial charge is 0.508 e. The normalized spacial score (nSPS) is 19.0. The molecule has 0 radical (unpaired) electrons. The predicted octanol–water partition coefficient (Wildman–Crippen LogP) is 4.81. The van der Waals surface area contributed by atoms with Gasteiger partial charge in [0.05, 0.1) is 0 Å². The highest BCUT2D eigenvalue weighted by molar-refractivity contribution is 5.93. The van der Waals surface area contributed by atoms with Crippen molar-refractivity contribution in [3.05, 3.63) is 29.8 Å². The summed E-state index contributed by atoms with van der Waals surface area (Å²) in [5.74, 6) is -0.828. The highest BCUT2D eigenvalue weighted by Gasteiger charge is 2.46. The molecule has 2 aliphatic rings. The number of amides is 3. The minimum absolute atomic E-state index is 0.0278. The van der Waals surface area contributed by atoms with Gasteiger partial charge in [-0.05, 0) is 58.4 Å². The molecule has 2 saturated carbocycles. The number of benzene rings is 1. The number of carbonyl (C=O) groups is 3. The molecule has 1 aromatic carbocycles. The Balaban J connectivity index is 1.95.